The van der Waals surface area contributed by atoms with Crippen molar-refractivity contribution in [3.63, 3.8) is 0 Å². The lowest BCUT2D eigenvalue weighted by atomic mass is 10.1. The Morgan fingerprint density at radius 3 is 2.65 bits per heavy atom. The van der Waals surface area contributed by atoms with E-state index in [2.05, 4.69) is 11.0 Å². The van der Waals surface area contributed by atoms with E-state index in [0.717, 1.165) is 37.1 Å². The Kier molecular flexibility index (Phi) is 7.29. The van der Waals surface area contributed by atoms with Crippen LogP contribution in [0.5, 0.6) is 0 Å². The number of thiocarbonyl (C=S) groups is 1. The van der Waals surface area contributed by atoms with Crippen LogP contribution in [0.25, 0.3) is 0 Å². The molecule has 2 rings (SSSR count). The zero-order valence-corrected chi connectivity index (χ0v) is 17.8. The van der Waals surface area contributed by atoms with Gasteiger partial charge in [0, 0.05) is 25.3 Å². The zero-order valence-electron chi connectivity index (χ0n) is 15.4. The summed E-state index contributed by atoms with van der Waals surface area (Å²) >= 11 is 6.65. The molecule has 0 aromatic carbocycles. The molecule has 6 nitrogen and oxygen atoms in total. The second-order valence-corrected chi connectivity index (χ2v) is 9.94. The smallest absolute Gasteiger partial charge is 0.267 e. The Labute approximate surface area is 165 Å². The van der Waals surface area contributed by atoms with E-state index in [-0.39, 0.29) is 5.91 Å². The van der Waals surface area contributed by atoms with Gasteiger partial charge < -0.3 is 4.90 Å². The van der Waals surface area contributed by atoms with E-state index >= 15 is 0 Å². The molecule has 2 saturated heterocycles. The van der Waals surface area contributed by atoms with Crippen LogP contribution in [0, 0.1) is 0 Å². The van der Waals surface area contributed by atoms with Gasteiger partial charge in [-0.25, -0.2) is 0 Å². The van der Waals surface area contributed by atoms with Crippen molar-refractivity contribution in [2.24, 2.45) is 0 Å². The summed E-state index contributed by atoms with van der Waals surface area (Å²) in [6.45, 7) is 7.44. The summed E-state index contributed by atoms with van der Waals surface area (Å²) in [7, 11) is -4.00. The van der Waals surface area contributed by atoms with E-state index < -0.39 is 15.4 Å². The maximum Gasteiger partial charge on any atom is 0.267 e. The Balaban J connectivity index is 2.19. The molecule has 0 aliphatic carbocycles. The maximum atomic E-state index is 12.6. The molecule has 2 aliphatic heterocycles. The van der Waals surface area contributed by atoms with Crippen LogP contribution in [0.4, 0.5) is 0 Å². The van der Waals surface area contributed by atoms with Crippen molar-refractivity contribution in [2.75, 3.05) is 19.6 Å². The van der Waals surface area contributed by atoms with Crippen molar-refractivity contribution >= 4 is 44.3 Å². The van der Waals surface area contributed by atoms with Crippen molar-refractivity contribution in [1.82, 2.24) is 9.80 Å². The van der Waals surface area contributed by atoms with Crippen molar-refractivity contribution in [3.05, 3.63) is 22.3 Å². The minimum atomic E-state index is -4.00. The predicted molar refractivity (Wildman–Crippen MR) is 109 cm³/mol. The van der Waals surface area contributed by atoms with Crippen molar-refractivity contribution in [2.45, 2.75) is 51.7 Å². The first-order chi connectivity index (χ1) is 12.2. The van der Waals surface area contributed by atoms with Crippen molar-refractivity contribution < 1.29 is 17.8 Å². The molecule has 0 aromatic rings. The van der Waals surface area contributed by atoms with E-state index in [1.54, 1.807) is 4.90 Å². The van der Waals surface area contributed by atoms with Gasteiger partial charge in [-0.05, 0) is 51.2 Å². The number of thioether (sulfide) groups is 1. The standard InChI is InChI=1S/C17H26N2O4S3/c1-4-13(15-16(20)19(5-2)17(24)25-15)11-14-7-6-9-18(14)10-8-12(3)26(21,22)23/h11-12H,4-10H2,1-3H3,(H,21,22,23)/b14-11+,15-13+. The van der Waals surface area contributed by atoms with Gasteiger partial charge in [0.15, 0.2) is 0 Å². The van der Waals surface area contributed by atoms with Crippen LogP contribution in [0.2, 0.25) is 0 Å². The summed E-state index contributed by atoms with van der Waals surface area (Å²) in [5, 5.41) is -0.782. The Morgan fingerprint density at radius 2 is 2.12 bits per heavy atom. The highest BCUT2D eigenvalue weighted by atomic mass is 32.2. The van der Waals surface area contributed by atoms with E-state index in [1.165, 1.54) is 18.7 Å². The average molecular weight is 419 g/mol. The third kappa shape index (κ3) is 4.88. The van der Waals surface area contributed by atoms with Gasteiger partial charge in [0.05, 0.1) is 10.2 Å². The van der Waals surface area contributed by atoms with Gasteiger partial charge in [0.1, 0.15) is 4.32 Å². The van der Waals surface area contributed by atoms with Crippen LogP contribution in [-0.2, 0) is 14.9 Å². The fraction of sp³-hybridized carbons (Fsp3) is 0.647. The monoisotopic (exact) mass is 418 g/mol. The molecule has 0 spiro atoms. The number of carbonyl (C=O) groups is 1. The van der Waals surface area contributed by atoms with Gasteiger partial charge in [0.25, 0.3) is 16.0 Å². The highest BCUT2D eigenvalue weighted by Gasteiger charge is 2.32. The number of amides is 1. The summed E-state index contributed by atoms with van der Waals surface area (Å²) in [4.78, 5) is 17.0. The Hall–Kier alpha value is -0.900. The number of allylic oxidation sites excluding steroid dienone is 3. The first-order valence-corrected chi connectivity index (χ1v) is 11.6. The molecule has 9 heteroatoms. The molecule has 0 radical (unpaired) electrons. The van der Waals surface area contributed by atoms with Gasteiger partial charge >= 0.3 is 0 Å². The molecule has 146 valence electrons. The lowest BCUT2D eigenvalue weighted by Gasteiger charge is -2.22. The van der Waals surface area contributed by atoms with Crippen LogP contribution >= 0.6 is 24.0 Å². The van der Waals surface area contributed by atoms with E-state index in [0.29, 0.717) is 28.7 Å². The number of hydrogen-bond acceptors (Lipinski definition) is 6. The molecule has 1 N–H and O–H groups in total. The Bertz CT molecular complexity index is 743. The highest BCUT2D eigenvalue weighted by Crippen LogP contribution is 2.36. The number of nitrogens with zero attached hydrogens (tertiary/aromatic N) is 2. The van der Waals surface area contributed by atoms with E-state index in [1.807, 2.05) is 13.8 Å². The normalized spacial score (nSPS) is 23.3. The molecule has 2 heterocycles. The molecule has 26 heavy (non-hydrogen) atoms. The summed E-state index contributed by atoms with van der Waals surface area (Å²) in [5.41, 5.74) is 2.09. The third-order valence-electron chi connectivity index (χ3n) is 4.76. The van der Waals surface area contributed by atoms with Gasteiger partial charge in [0.2, 0.25) is 0 Å². The second-order valence-electron chi connectivity index (χ2n) is 6.47. The number of likely N-dealkylation sites (tertiary alicyclic amines) is 1. The van der Waals surface area contributed by atoms with Gasteiger partial charge in [-0.3, -0.25) is 14.2 Å². The van der Waals surface area contributed by atoms with Crippen LogP contribution < -0.4 is 0 Å². The largest absolute Gasteiger partial charge is 0.375 e. The average Bonchev–Trinajstić information content (AvgIpc) is 3.13. The van der Waals surface area contributed by atoms with Crippen LogP contribution in [0.1, 0.15) is 46.5 Å². The first-order valence-electron chi connectivity index (χ1n) is 8.87. The predicted octanol–water partition coefficient (Wildman–Crippen LogP) is 3.18. The molecule has 2 aliphatic rings. The quantitative estimate of drug-likeness (QED) is 0.386. The summed E-state index contributed by atoms with van der Waals surface area (Å²) in [6.07, 6.45) is 5.06. The topological polar surface area (TPSA) is 77.9 Å². The summed E-state index contributed by atoms with van der Waals surface area (Å²) < 4.78 is 32.1. The van der Waals surface area contributed by atoms with Gasteiger partial charge in [-0.2, -0.15) is 8.42 Å². The van der Waals surface area contributed by atoms with E-state index in [4.69, 9.17) is 16.8 Å². The molecule has 0 bridgehead atoms. The molecule has 2 fully saturated rings. The molecular formula is C17H26N2O4S3. The second kappa shape index (κ2) is 8.86. The van der Waals surface area contributed by atoms with Crippen LogP contribution in [0.15, 0.2) is 22.3 Å². The summed E-state index contributed by atoms with van der Waals surface area (Å²) in [6, 6.07) is 0. The van der Waals surface area contributed by atoms with Crippen LogP contribution in [0.3, 0.4) is 0 Å². The number of likely N-dealkylation sites (N-methyl/N-ethyl adjacent to an activating group) is 1. The van der Waals surface area contributed by atoms with Gasteiger partial charge in [-0.15, -0.1) is 0 Å². The number of rotatable bonds is 7. The molecule has 0 aromatic heterocycles. The summed E-state index contributed by atoms with van der Waals surface area (Å²) in [5.74, 6) is -0.0271. The lowest BCUT2D eigenvalue weighted by molar-refractivity contribution is -0.122. The number of carbonyl (C=O) groups excluding carboxylic acids is 1. The molecule has 1 amide bonds. The maximum absolute atomic E-state index is 12.6. The highest BCUT2D eigenvalue weighted by molar-refractivity contribution is 8.26. The van der Waals surface area contributed by atoms with E-state index in [9.17, 15) is 13.2 Å². The minimum absolute atomic E-state index is 0.0271. The zero-order chi connectivity index (χ0) is 19.5. The minimum Gasteiger partial charge on any atom is -0.375 e. The third-order valence-corrected chi connectivity index (χ3v) is 7.52. The Morgan fingerprint density at radius 1 is 1.42 bits per heavy atom. The number of hydrogen-bond donors (Lipinski definition) is 1. The first kappa shape index (κ1) is 21.4. The SMILES string of the molecule is CCC(/C=C1\CCCN1CCC(C)S(=O)(=O)O)=C1\SC(=S)N(CC)C1=O. The molecule has 1 unspecified atom stereocenters. The molecular weight excluding hydrogens is 392 g/mol. The fourth-order valence-electron chi connectivity index (χ4n) is 3.05. The molecule has 0 saturated carbocycles. The molecule has 1 atom stereocenters. The fourth-order valence-corrected chi connectivity index (χ4v) is 4.95. The van der Waals surface area contributed by atoms with Crippen molar-refractivity contribution in [1.29, 1.82) is 0 Å². The van der Waals surface area contributed by atoms with Gasteiger partial charge in [-0.1, -0.05) is 30.9 Å². The van der Waals surface area contributed by atoms with Crippen LogP contribution in [-0.4, -0.2) is 57.9 Å². The lowest BCUT2D eigenvalue weighted by Crippen LogP contribution is -2.27. The van der Waals surface area contributed by atoms with Crippen molar-refractivity contribution in [3.8, 4) is 0 Å².